The van der Waals surface area contributed by atoms with E-state index in [1.807, 2.05) is 21.0 Å². The van der Waals surface area contributed by atoms with Gasteiger partial charge >= 0.3 is 5.97 Å². The van der Waals surface area contributed by atoms with Gasteiger partial charge in [0.25, 0.3) is 0 Å². The fraction of sp³-hybridized carbons (Fsp3) is 0.846. The zero-order valence-electron chi connectivity index (χ0n) is 11.5. The van der Waals surface area contributed by atoms with Gasteiger partial charge in [0, 0.05) is 12.0 Å². The van der Waals surface area contributed by atoms with Crippen LogP contribution in [0.5, 0.6) is 0 Å². The van der Waals surface area contributed by atoms with Crippen LogP contribution in [0.2, 0.25) is 0 Å². The molecule has 18 heavy (non-hydrogen) atoms. The molecule has 1 aliphatic carbocycles. The molecule has 5 nitrogen and oxygen atoms in total. The minimum absolute atomic E-state index is 0.0185. The number of carboxylic acid groups (broad SMARTS) is 1. The van der Waals surface area contributed by atoms with Gasteiger partial charge in [0.15, 0.2) is 0 Å². The van der Waals surface area contributed by atoms with Crippen LogP contribution in [0.3, 0.4) is 0 Å². The predicted octanol–water partition coefficient (Wildman–Crippen LogP) is 0.944. The minimum Gasteiger partial charge on any atom is -0.481 e. The molecule has 0 radical (unpaired) electrons. The number of carboxylic acids is 1. The zero-order chi connectivity index (χ0) is 13.7. The van der Waals surface area contributed by atoms with Crippen molar-refractivity contribution in [2.45, 2.75) is 38.6 Å². The maximum atomic E-state index is 12.0. The first kappa shape index (κ1) is 15.0. The molecular weight excluding hydrogens is 232 g/mol. The molecule has 0 aromatic rings. The molecule has 0 heterocycles. The van der Waals surface area contributed by atoms with E-state index in [0.29, 0.717) is 19.3 Å². The highest BCUT2D eigenvalue weighted by molar-refractivity contribution is 5.81. The summed E-state index contributed by atoms with van der Waals surface area (Å²) in [5, 5.41) is 11.9. The first-order chi connectivity index (χ1) is 8.40. The molecule has 1 aliphatic rings. The van der Waals surface area contributed by atoms with Crippen LogP contribution in [-0.4, -0.2) is 48.6 Å². The van der Waals surface area contributed by atoms with E-state index in [-0.39, 0.29) is 23.8 Å². The maximum Gasteiger partial charge on any atom is 0.306 e. The molecule has 0 aliphatic heterocycles. The molecule has 0 bridgehead atoms. The van der Waals surface area contributed by atoms with Crippen molar-refractivity contribution in [2.75, 3.05) is 20.6 Å². The van der Waals surface area contributed by atoms with Crippen LogP contribution in [0, 0.1) is 11.8 Å². The quantitative estimate of drug-likeness (QED) is 0.742. The van der Waals surface area contributed by atoms with Crippen LogP contribution in [-0.2, 0) is 9.59 Å². The topological polar surface area (TPSA) is 69.6 Å². The van der Waals surface area contributed by atoms with Crippen LogP contribution < -0.4 is 5.32 Å². The monoisotopic (exact) mass is 256 g/mol. The summed E-state index contributed by atoms with van der Waals surface area (Å²) in [6.45, 7) is 2.93. The summed E-state index contributed by atoms with van der Waals surface area (Å²) in [7, 11) is 4.01. The predicted molar refractivity (Wildman–Crippen MR) is 69.2 cm³/mol. The minimum atomic E-state index is -0.772. The Morgan fingerprint density at radius 2 is 1.94 bits per heavy atom. The second-order valence-corrected chi connectivity index (χ2v) is 5.55. The highest BCUT2D eigenvalue weighted by atomic mass is 16.4. The third-order valence-corrected chi connectivity index (χ3v) is 3.55. The van der Waals surface area contributed by atoms with Gasteiger partial charge in [-0.3, -0.25) is 9.59 Å². The van der Waals surface area contributed by atoms with Crippen molar-refractivity contribution in [2.24, 2.45) is 11.8 Å². The van der Waals surface area contributed by atoms with Gasteiger partial charge in [0.05, 0.1) is 5.92 Å². The number of hydrogen-bond acceptors (Lipinski definition) is 3. The smallest absolute Gasteiger partial charge is 0.306 e. The molecule has 3 atom stereocenters. The average molecular weight is 256 g/mol. The number of aliphatic carboxylic acids is 1. The van der Waals surface area contributed by atoms with E-state index < -0.39 is 5.97 Å². The van der Waals surface area contributed by atoms with Crippen molar-refractivity contribution >= 4 is 11.9 Å². The first-order valence-electron chi connectivity index (χ1n) is 6.58. The fourth-order valence-electron chi connectivity index (χ4n) is 2.33. The van der Waals surface area contributed by atoms with Crippen LogP contribution in [0.1, 0.15) is 32.6 Å². The highest BCUT2D eigenvalue weighted by Crippen LogP contribution is 2.31. The molecule has 1 saturated carbocycles. The van der Waals surface area contributed by atoms with Gasteiger partial charge in [-0.1, -0.05) is 0 Å². The van der Waals surface area contributed by atoms with Crippen LogP contribution in [0.15, 0.2) is 0 Å². The molecule has 5 heteroatoms. The van der Waals surface area contributed by atoms with Crippen molar-refractivity contribution in [3.63, 3.8) is 0 Å². The van der Waals surface area contributed by atoms with Crippen LogP contribution >= 0.6 is 0 Å². The third kappa shape index (κ3) is 4.64. The summed E-state index contributed by atoms with van der Waals surface area (Å²) >= 11 is 0. The lowest BCUT2D eigenvalue weighted by molar-refractivity contribution is -0.141. The number of carbonyl (C=O) groups excluding carboxylic acids is 1. The molecule has 1 rings (SSSR count). The van der Waals surface area contributed by atoms with Gasteiger partial charge in [-0.15, -0.1) is 0 Å². The van der Waals surface area contributed by atoms with Crippen molar-refractivity contribution in [3.8, 4) is 0 Å². The summed E-state index contributed by atoms with van der Waals surface area (Å²) in [4.78, 5) is 24.9. The summed E-state index contributed by atoms with van der Waals surface area (Å²) in [6.07, 6.45) is 2.72. The summed E-state index contributed by atoms with van der Waals surface area (Å²) in [5.41, 5.74) is 0. The van der Waals surface area contributed by atoms with Gasteiger partial charge < -0.3 is 15.3 Å². The molecule has 1 unspecified atom stereocenters. The Balaban J connectivity index is 2.31. The van der Waals surface area contributed by atoms with Crippen molar-refractivity contribution < 1.29 is 14.7 Å². The van der Waals surface area contributed by atoms with Crippen LogP contribution in [0.25, 0.3) is 0 Å². The van der Waals surface area contributed by atoms with Gasteiger partial charge in [-0.25, -0.2) is 0 Å². The molecule has 0 spiro atoms. The van der Waals surface area contributed by atoms with Crippen molar-refractivity contribution in [1.29, 1.82) is 0 Å². The number of hydrogen-bond donors (Lipinski definition) is 2. The number of rotatable bonds is 6. The number of carbonyl (C=O) groups is 2. The van der Waals surface area contributed by atoms with E-state index in [4.69, 9.17) is 5.11 Å². The first-order valence-corrected chi connectivity index (χ1v) is 6.58. The highest BCUT2D eigenvalue weighted by Gasteiger charge is 2.34. The van der Waals surface area contributed by atoms with E-state index in [1.54, 1.807) is 0 Å². The van der Waals surface area contributed by atoms with Gasteiger partial charge in [0.1, 0.15) is 0 Å². The van der Waals surface area contributed by atoms with E-state index in [0.717, 1.165) is 13.0 Å². The number of amides is 1. The Hall–Kier alpha value is -1.10. The zero-order valence-corrected chi connectivity index (χ0v) is 11.5. The summed E-state index contributed by atoms with van der Waals surface area (Å²) in [6, 6.07) is 0.142. The lowest BCUT2D eigenvalue weighted by Crippen LogP contribution is -2.38. The van der Waals surface area contributed by atoms with E-state index in [1.165, 1.54) is 0 Å². The van der Waals surface area contributed by atoms with Gasteiger partial charge in [-0.2, -0.15) is 0 Å². The largest absolute Gasteiger partial charge is 0.481 e. The normalized spacial score (nSPS) is 25.1. The molecule has 2 N–H and O–H groups in total. The lowest BCUT2D eigenvalue weighted by atomic mass is 10.0. The molecular formula is C13H24N2O3. The third-order valence-electron chi connectivity index (χ3n) is 3.55. The van der Waals surface area contributed by atoms with E-state index in [2.05, 4.69) is 10.2 Å². The van der Waals surface area contributed by atoms with Crippen LogP contribution in [0.4, 0.5) is 0 Å². The number of nitrogens with one attached hydrogen (secondary N) is 1. The molecule has 1 amide bonds. The fourth-order valence-corrected chi connectivity index (χ4v) is 2.33. The molecule has 0 aromatic heterocycles. The van der Waals surface area contributed by atoms with Gasteiger partial charge in [-0.05, 0) is 53.2 Å². The Bertz CT molecular complexity index is 305. The Labute approximate surface area is 109 Å². The van der Waals surface area contributed by atoms with Gasteiger partial charge in [0.2, 0.25) is 5.91 Å². The molecule has 1 fully saturated rings. The Morgan fingerprint density at radius 1 is 1.33 bits per heavy atom. The average Bonchev–Trinajstić information content (AvgIpc) is 2.75. The van der Waals surface area contributed by atoms with E-state index in [9.17, 15) is 9.59 Å². The van der Waals surface area contributed by atoms with E-state index >= 15 is 0 Å². The Morgan fingerprint density at radius 3 is 2.44 bits per heavy atom. The summed E-state index contributed by atoms with van der Waals surface area (Å²) < 4.78 is 0. The second-order valence-electron chi connectivity index (χ2n) is 5.55. The Kier molecular flexibility index (Phi) is 5.59. The summed E-state index contributed by atoms with van der Waals surface area (Å²) in [5.74, 6) is -1.21. The van der Waals surface area contributed by atoms with Crippen molar-refractivity contribution in [1.82, 2.24) is 10.2 Å². The molecule has 0 saturated heterocycles. The SMILES string of the molecule is CC(CCN(C)C)NC(=O)[C@@H]1CC[C@H](C(=O)O)C1. The lowest BCUT2D eigenvalue weighted by Gasteiger charge is -2.19. The number of nitrogens with zero attached hydrogens (tertiary/aromatic N) is 1. The second kappa shape index (κ2) is 6.73. The molecule has 104 valence electrons. The maximum absolute atomic E-state index is 12.0. The van der Waals surface area contributed by atoms with Crippen molar-refractivity contribution in [3.05, 3.63) is 0 Å². The standard InChI is InChI=1S/C13H24N2O3/c1-9(6-7-15(2)3)14-12(16)10-4-5-11(8-10)13(17)18/h9-11H,4-8H2,1-3H3,(H,14,16)(H,17,18)/t9?,10-,11+/m1/s1. The molecule has 0 aromatic carbocycles.